The number of aryl methyl sites for hydroxylation is 1. The van der Waals surface area contributed by atoms with E-state index in [2.05, 4.69) is 20.3 Å². The van der Waals surface area contributed by atoms with Crippen LogP contribution in [0.5, 0.6) is 5.75 Å². The van der Waals surface area contributed by atoms with Crippen LogP contribution in [0, 0.1) is 18.8 Å². The minimum absolute atomic E-state index is 0.165. The molecule has 0 spiro atoms. The summed E-state index contributed by atoms with van der Waals surface area (Å²) >= 11 is 7.32. The molecule has 1 saturated carbocycles. The highest BCUT2D eigenvalue weighted by Gasteiger charge is 2.51. The van der Waals surface area contributed by atoms with E-state index in [4.69, 9.17) is 16.3 Å². The Morgan fingerprint density at radius 3 is 2.59 bits per heavy atom. The van der Waals surface area contributed by atoms with Gasteiger partial charge in [0.2, 0.25) is 5.91 Å². The fourth-order valence-electron chi connectivity index (χ4n) is 4.51. The quantitative estimate of drug-likeness (QED) is 0.435. The highest BCUT2D eigenvalue weighted by molar-refractivity contribution is 7.16. The lowest BCUT2D eigenvalue weighted by molar-refractivity contribution is -0.206. The average Bonchev–Trinajstić information content (AvgIpc) is 3.35. The topological polar surface area (TPSA) is 97.3 Å². The van der Waals surface area contributed by atoms with Crippen LogP contribution in [0.4, 0.5) is 18.3 Å². The Morgan fingerprint density at radius 1 is 1.16 bits per heavy atom. The van der Waals surface area contributed by atoms with Gasteiger partial charge in [0.25, 0.3) is 5.91 Å². The third-order valence-electron chi connectivity index (χ3n) is 6.57. The first-order valence-corrected chi connectivity index (χ1v) is 12.5. The Balaban J connectivity index is 1.29. The summed E-state index contributed by atoms with van der Waals surface area (Å²) in [5, 5.41) is 3.39. The van der Waals surface area contributed by atoms with Gasteiger partial charge in [0, 0.05) is 28.9 Å². The predicted octanol–water partition coefficient (Wildman–Crippen LogP) is 5.25. The minimum atomic E-state index is -4.25. The molecule has 1 fully saturated rings. The van der Waals surface area contributed by atoms with E-state index >= 15 is 0 Å². The number of nitrogens with one attached hydrogen (secondary N) is 1. The molecule has 1 aliphatic carbocycles. The van der Waals surface area contributed by atoms with Gasteiger partial charge in [-0.25, -0.2) is 9.97 Å². The van der Waals surface area contributed by atoms with Crippen molar-refractivity contribution in [1.29, 1.82) is 0 Å². The number of ether oxygens (including phenoxy) is 1. The second-order valence-corrected chi connectivity index (χ2v) is 10.5. The van der Waals surface area contributed by atoms with E-state index in [-0.39, 0.29) is 42.6 Å². The summed E-state index contributed by atoms with van der Waals surface area (Å²) in [5.74, 6) is -2.29. The van der Waals surface area contributed by atoms with Crippen LogP contribution in [-0.4, -0.2) is 45.0 Å². The molecule has 37 heavy (non-hydrogen) atoms. The van der Waals surface area contributed by atoms with E-state index in [1.54, 1.807) is 19.1 Å². The Kier molecular flexibility index (Phi) is 6.57. The van der Waals surface area contributed by atoms with Crippen molar-refractivity contribution in [1.82, 2.24) is 19.9 Å². The molecular formula is C24H21ClF3N5O3S. The zero-order chi connectivity index (χ0) is 26.5. The van der Waals surface area contributed by atoms with Gasteiger partial charge in [0.05, 0.1) is 48.4 Å². The number of amides is 2. The number of halogens is 4. The van der Waals surface area contributed by atoms with Crippen molar-refractivity contribution in [3.05, 3.63) is 51.5 Å². The fourth-order valence-corrected chi connectivity index (χ4v) is 5.65. The van der Waals surface area contributed by atoms with Crippen molar-refractivity contribution < 1.29 is 27.5 Å². The number of carbonyl (C=O) groups is 2. The summed E-state index contributed by atoms with van der Waals surface area (Å²) in [4.78, 5) is 40.9. The summed E-state index contributed by atoms with van der Waals surface area (Å²) < 4.78 is 43.7. The third-order valence-corrected chi connectivity index (χ3v) is 7.77. The minimum Gasteiger partial charge on any atom is -0.494 e. The predicted molar refractivity (Wildman–Crippen MR) is 130 cm³/mol. The molecule has 0 aromatic carbocycles. The number of rotatable bonds is 5. The second kappa shape index (κ2) is 9.56. The van der Waals surface area contributed by atoms with Crippen LogP contribution in [0.2, 0.25) is 5.15 Å². The smallest absolute Gasteiger partial charge is 0.391 e. The summed E-state index contributed by atoms with van der Waals surface area (Å²) in [6, 6.07) is 3.35. The maximum Gasteiger partial charge on any atom is 0.391 e. The number of pyridine rings is 2. The lowest BCUT2D eigenvalue weighted by Crippen LogP contribution is -2.44. The first-order chi connectivity index (χ1) is 17.5. The zero-order valence-electron chi connectivity index (χ0n) is 19.7. The van der Waals surface area contributed by atoms with Gasteiger partial charge in [0.15, 0.2) is 5.13 Å². The highest BCUT2D eigenvalue weighted by Crippen LogP contribution is 2.46. The van der Waals surface area contributed by atoms with Crippen molar-refractivity contribution in [2.75, 3.05) is 12.4 Å². The largest absolute Gasteiger partial charge is 0.494 e. The van der Waals surface area contributed by atoms with Crippen molar-refractivity contribution >= 4 is 39.9 Å². The van der Waals surface area contributed by atoms with Gasteiger partial charge < -0.3 is 9.64 Å². The SMILES string of the molecule is COc1cnc(Cl)cc1-c1cc(C)ncc1C(=O)Nc1nc2c(s1)CN(C(=O)C1CC(C(F)(F)F)C1)C2. The average molecular weight is 552 g/mol. The molecular weight excluding hydrogens is 531 g/mol. The third kappa shape index (κ3) is 4.99. The van der Waals surface area contributed by atoms with Gasteiger partial charge >= 0.3 is 6.18 Å². The molecule has 2 aliphatic rings. The number of methoxy groups -OCH3 is 1. The van der Waals surface area contributed by atoms with Crippen LogP contribution in [0.3, 0.4) is 0 Å². The first kappa shape index (κ1) is 25.4. The van der Waals surface area contributed by atoms with Crippen LogP contribution in [-0.2, 0) is 17.9 Å². The van der Waals surface area contributed by atoms with E-state index < -0.39 is 23.9 Å². The normalized spacial score (nSPS) is 18.8. The summed E-state index contributed by atoms with van der Waals surface area (Å²) in [6.45, 7) is 2.27. The molecule has 8 nitrogen and oxygen atoms in total. The zero-order valence-corrected chi connectivity index (χ0v) is 21.3. The van der Waals surface area contributed by atoms with Gasteiger partial charge in [-0.3, -0.25) is 19.9 Å². The number of nitrogens with zero attached hydrogens (tertiary/aromatic N) is 4. The lowest BCUT2D eigenvalue weighted by Gasteiger charge is -2.37. The Morgan fingerprint density at radius 2 is 1.92 bits per heavy atom. The molecule has 0 saturated heterocycles. The molecule has 0 unspecified atom stereocenters. The number of thiazole rings is 1. The second-order valence-electron chi connectivity index (χ2n) is 9.02. The fraction of sp³-hybridized carbons (Fsp3) is 0.375. The molecule has 5 rings (SSSR count). The molecule has 1 aliphatic heterocycles. The number of alkyl halides is 3. The molecule has 2 amide bonds. The van der Waals surface area contributed by atoms with Gasteiger partial charge in [-0.05, 0) is 31.9 Å². The van der Waals surface area contributed by atoms with Crippen LogP contribution in [0.25, 0.3) is 11.1 Å². The summed E-state index contributed by atoms with van der Waals surface area (Å²) in [5.41, 5.74) is 2.74. The number of hydrogen-bond acceptors (Lipinski definition) is 7. The molecule has 13 heteroatoms. The van der Waals surface area contributed by atoms with Gasteiger partial charge in [-0.2, -0.15) is 13.2 Å². The van der Waals surface area contributed by atoms with Crippen LogP contribution >= 0.6 is 22.9 Å². The van der Waals surface area contributed by atoms with Crippen molar-refractivity contribution in [2.45, 2.75) is 39.0 Å². The van der Waals surface area contributed by atoms with Gasteiger partial charge in [0.1, 0.15) is 10.9 Å². The Bertz CT molecular complexity index is 1370. The van der Waals surface area contributed by atoms with Crippen LogP contribution in [0.15, 0.2) is 24.5 Å². The maximum absolute atomic E-state index is 13.2. The number of fused-ring (bicyclic) bond motifs is 1. The van der Waals surface area contributed by atoms with E-state index in [0.717, 1.165) is 4.88 Å². The van der Waals surface area contributed by atoms with E-state index in [1.807, 2.05) is 0 Å². The first-order valence-electron chi connectivity index (χ1n) is 11.4. The number of anilines is 1. The molecule has 3 aromatic heterocycles. The van der Waals surface area contributed by atoms with Gasteiger partial charge in [-0.15, -0.1) is 0 Å². The number of carbonyl (C=O) groups excluding carboxylic acids is 2. The highest BCUT2D eigenvalue weighted by atomic mass is 35.5. The van der Waals surface area contributed by atoms with Crippen LogP contribution < -0.4 is 10.1 Å². The molecule has 1 N–H and O–H groups in total. The molecule has 4 heterocycles. The van der Waals surface area contributed by atoms with Crippen molar-refractivity contribution in [3.8, 4) is 16.9 Å². The van der Waals surface area contributed by atoms with Crippen molar-refractivity contribution in [3.63, 3.8) is 0 Å². The van der Waals surface area contributed by atoms with E-state index in [0.29, 0.717) is 33.4 Å². The lowest BCUT2D eigenvalue weighted by atomic mass is 9.74. The number of aromatic nitrogens is 3. The molecule has 0 atom stereocenters. The standard InChI is InChI=1S/C24H21ClF3N5O3S/c1-11-3-14(15-6-20(25)30-8-18(15)36-2)16(7-29-11)21(34)32-23-31-17-9-33(10-19(17)37-23)22(35)12-4-13(5-12)24(26,27)28/h3,6-8,12-13H,4-5,9-10H2,1-2H3,(H,31,32,34). The summed E-state index contributed by atoms with van der Waals surface area (Å²) in [7, 11) is 1.49. The molecule has 0 bridgehead atoms. The van der Waals surface area contributed by atoms with E-state index in [1.165, 1.54) is 35.7 Å². The molecule has 0 radical (unpaired) electrons. The van der Waals surface area contributed by atoms with E-state index in [9.17, 15) is 22.8 Å². The Hall–Kier alpha value is -3.25. The molecule has 3 aromatic rings. The maximum atomic E-state index is 13.2. The monoisotopic (exact) mass is 551 g/mol. The molecule has 194 valence electrons. The van der Waals surface area contributed by atoms with Gasteiger partial charge in [-0.1, -0.05) is 22.9 Å². The Labute approximate surface area is 218 Å². The summed E-state index contributed by atoms with van der Waals surface area (Å²) in [6.07, 6.45) is -1.65. The van der Waals surface area contributed by atoms with Crippen molar-refractivity contribution in [2.24, 2.45) is 11.8 Å². The number of hydrogen-bond donors (Lipinski definition) is 1. The van der Waals surface area contributed by atoms with Crippen LogP contribution in [0.1, 0.15) is 39.5 Å².